The highest BCUT2D eigenvalue weighted by Crippen LogP contribution is 2.26. The van der Waals surface area contributed by atoms with E-state index in [1.165, 1.54) is 12.5 Å². The summed E-state index contributed by atoms with van der Waals surface area (Å²) in [6, 6.07) is 19.9. The second-order valence-electron chi connectivity index (χ2n) is 7.06. The predicted octanol–water partition coefficient (Wildman–Crippen LogP) is 4.58. The predicted molar refractivity (Wildman–Crippen MR) is 117 cm³/mol. The first-order valence-corrected chi connectivity index (χ1v) is 9.75. The monoisotopic (exact) mass is 401 g/mol. The highest BCUT2D eigenvalue weighted by Gasteiger charge is 2.21. The standard InChI is InChI=1S/C24H23N3O3/c1-17(28)26-21-9-5-8-19(11-21)20-12-22(14-25-13-20)27-23(24-15-29-16-30-24)10-18-6-3-2-4-7-18/h2-9,11-15,23,27H,10,16H2,1H3,(H,26,28). The Morgan fingerprint density at radius 2 is 1.87 bits per heavy atom. The van der Waals surface area contributed by atoms with Gasteiger partial charge in [-0.25, -0.2) is 0 Å². The second-order valence-corrected chi connectivity index (χ2v) is 7.06. The summed E-state index contributed by atoms with van der Waals surface area (Å²) in [5, 5.41) is 6.33. The van der Waals surface area contributed by atoms with Gasteiger partial charge >= 0.3 is 0 Å². The van der Waals surface area contributed by atoms with Crippen molar-refractivity contribution in [3.05, 3.63) is 90.6 Å². The lowest BCUT2D eigenvalue weighted by Gasteiger charge is -2.20. The Bertz CT molecular complexity index is 1050. The van der Waals surface area contributed by atoms with Gasteiger partial charge in [-0.05, 0) is 35.7 Å². The van der Waals surface area contributed by atoms with Crippen LogP contribution in [0.4, 0.5) is 11.4 Å². The van der Waals surface area contributed by atoms with E-state index >= 15 is 0 Å². The number of carbonyl (C=O) groups is 1. The summed E-state index contributed by atoms with van der Waals surface area (Å²) in [6.07, 6.45) is 6.00. The van der Waals surface area contributed by atoms with Gasteiger partial charge in [0, 0.05) is 30.6 Å². The number of amides is 1. The van der Waals surface area contributed by atoms with Gasteiger partial charge in [0.05, 0.1) is 11.7 Å². The Hall–Kier alpha value is -3.80. The number of aromatic nitrogens is 1. The molecule has 0 aliphatic carbocycles. The van der Waals surface area contributed by atoms with E-state index in [0.29, 0.717) is 0 Å². The zero-order valence-corrected chi connectivity index (χ0v) is 16.7. The quantitative estimate of drug-likeness (QED) is 0.606. The fourth-order valence-corrected chi connectivity index (χ4v) is 3.37. The highest BCUT2D eigenvalue weighted by molar-refractivity contribution is 5.89. The van der Waals surface area contributed by atoms with Crippen LogP contribution in [0.15, 0.2) is 85.1 Å². The molecule has 152 valence electrons. The van der Waals surface area contributed by atoms with Gasteiger partial charge in [-0.15, -0.1) is 0 Å². The summed E-state index contributed by atoms with van der Waals surface area (Å²) in [7, 11) is 0. The number of rotatable bonds is 7. The largest absolute Gasteiger partial charge is 0.462 e. The molecule has 1 amide bonds. The minimum atomic E-state index is -0.100. The van der Waals surface area contributed by atoms with Crippen molar-refractivity contribution >= 4 is 17.3 Å². The van der Waals surface area contributed by atoms with E-state index in [1.54, 1.807) is 18.7 Å². The van der Waals surface area contributed by atoms with Gasteiger partial charge in [-0.2, -0.15) is 0 Å². The van der Waals surface area contributed by atoms with E-state index in [1.807, 2.05) is 48.5 Å². The molecule has 0 saturated carbocycles. The number of hydrogen-bond acceptors (Lipinski definition) is 5. The average molecular weight is 401 g/mol. The van der Waals surface area contributed by atoms with E-state index in [9.17, 15) is 4.79 Å². The number of ether oxygens (including phenoxy) is 2. The van der Waals surface area contributed by atoms with E-state index in [0.717, 1.165) is 34.7 Å². The van der Waals surface area contributed by atoms with Gasteiger partial charge in [0.15, 0.2) is 5.76 Å². The Balaban J connectivity index is 1.56. The van der Waals surface area contributed by atoms with Crippen molar-refractivity contribution in [1.29, 1.82) is 0 Å². The van der Waals surface area contributed by atoms with Crippen LogP contribution in [-0.4, -0.2) is 23.7 Å². The molecule has 6 heteroatoms. The molecule has 0 radical (unpaired) electrons. The minimum absolute atomic E-state index is 0.0855. The van der Waals surface area contributed by atoms with Crippen molar-refractivity contribution in [3.63, 3.8) is 0 Å². The fourth-order valence-electron chi connectivity index (χ4n) is 3.37. The number of benzene rings is 2. The molecular weight excluding hydrogens is 378 g/mol. The fraction of sp³-hybridized carbons (Fsp3) is 0.167. The second kappa shape index (κ2) is 9.13. The average Bonchev–Trinajstić information content (AvgIpc) is 3.29. The third-order valence-electron chi connectivity index (χ3n) is 4.71. The van der Waals surface area contributed by atoms with E-state index in [2.05, 4.69) is 27.8 Å². The molecule has 1 aliphatic heterocycles. The summed E-state index contributed by atoms with van der Waals surface area (Å²) < 4.78 is 10.9. The molecule has 3 aromatic rings. The lowest BCUT2D eigenvalue weighted by molar-refractivity contribution is -0.114. The number of nitrogens with zero attached hydrogens (tertiary/aromatic N) is 1. The Kier molecular flexibility index (Phi) is 5.94. The van der Waals surface area contributed by atoms with Crippen LogP contribution in [-0.2, 0) is 20.7 Å². The summed E-state index contributed by atoms with van der Waals surface area (Å²) in [5.74, 6) is 0.661. The first kappa shape index (κ1) is 19.5. The smallest absolute Gasteiger partial charge is 0.229 e. The van der Waals surface area contributed by atoms with E-state index in [4.69, 9.17) is 9.47 Å². The maximum Gasteiger partial charge on any atom is 0.229 e. The Morgan fingerprint density at radius 1 is 1.03 bits per heavy atom. The van der Waals surface area contributed by atoms with Crippen molar-refractivity contribution in [2.24, 2.45) is 0 Å². The molecule has 1 unspecified atom stereocenters. The van der Waals surface area contributed by atoms with Gasteiger partial charge in [0.25, 0.3) is 0 Å². The lowest BCUT2D eigenvalue weighted by atomic mass is 10.0. The minimum Gasteiger partial charge on any atom is -0.462 e. The van der Waals surface area contributed by atoms with Crippen molar-refractivity contribution < 1.29 is 14.3 Å². The molecule has 4 rings (SSSR count). The van der Waals surface area contributed by atoms with Crippen LogP contribution in [0.3, 0.4) is 0 Å². The molecule has 1 aliphatic rings. The number of pyridine rings is 1. The molecule has 2 aromatic carbocycles. The maximum absolute atomic E-state index is 11.4. The zero-order valence-electron chi connectivity index (χ0n) is 16.7. The molecule has 2 N–H and O–H groups in total. The van der Waals surface area contributed by atoms with Crippen LogP contribution in [0.2, 0.25) is 0 Å². The van der Waals surface area contributed by atoms with Crippen LogP contribution >= 0.6 is 0 Å². The summed E-state index contributed by atoms with van der Waals surface area (Å²) in [6.45, 7) is 1.73. The molecule has 6 nitrogen and oxygen atoms in total. The number of anilines is 2. The van der Waals surface area contributed by atoms with E-state index in [-0.39, 0.29) is 18.7 Å². The first-order valence-electron chi connectivity index (χ1n) is 9.75. The number of nitrogens with one attached hydrogen (secondary N) is 2. The molecule has 2 heterocycles. The van der Waals surface area contributed by atoms with Crippen LogP contribution in [0, 0.1) is 0 Å². The molecule has 0 fully saturated rings. The highest BCUT2D eigenvalue weighted by atomic mass is 16.7. The topological polar surface area (TPSA) is 72.5 Å². The van der Waals surface area contributed by atoms with Crippen LogP contribution in [0.5, 0.6) is 0 Å². The van der Waals surface area contributed by atoms with Crippen molar-refractivity contribution in [3.8, 4) is 11.1 Å². The lowest BCUT2D eigenvalue weighted by Crippen LogP contribution is -2.25. The SMILES string of the molecule is CC(=O)Nc1cccc(-c2cncc(NC(Cc3ccccc3)C3=COCO3)c2)c1. The third-order valence-corrected chi connectivity index (χ3v) is 4.71. The Labute approximate surface area is 175 Å². The normalized spacial score (nSPS) is 13.6. The Morgan fingerprint density at radius 3 is 2.63 bits per heavy atom. The van der Waals surface area contributed by atoms with Gasteiger partial charge in [-0.3, -0.25) is 9.78 Å². The molecular formula is C24H23N3O3. The van der Waals surface area contributed by atoms with Gasteiger partial charge in [0.1, 0.15) is 6.26 Å². The van der Waals surface area contributed by atoms with Crippen LogP contribution < -0.4 is 10.6 Å². The zero-order chi connectivity index (χ0) is 20.8. The summed E-state index contributed by atoms with van der Waals surface area (Å²) >= 11 is 0. The number of hydrogen-bond donors (Lipinski definition) is 2. The van der Waals surface area contributed by atoms with Crippen molar-refractivity contribution in [1.82, 2.24) is 4.98 Å². The van der Waals surface area contributed by atoms with Gasteiger partial charge < -0.3 is 20.1 Å². The number of carbonyl (C=O) groups excluding carboxylic acids is 1. The molecule has 1 atom stereocenters. The molecule has 30 heavy (non-hydrogen) atoms. The van der Waals surface area contributed by atoms with Gasteiger partial charge in [0.2, 0.25) is 12.7 Å². The summed E-state index contributed by atoms with van der Waals surface area (Å²) in [5.41, 5.74) is 4.73. The molecule has 1 aromatic heterocycles. The molecule has 0 spiro atoms. The van der Waals surface area contributed by atoms with Crippen molar-refractivity contribution in [2.45, 2.75) is 19.4 Å². The first-order chi connectivity index (χ1) is 14.7. The molecule has 0 bridgehead atoms. The van der Waals surface area contributed by atoms with Crippen LogP contribution in [0.1, 0.15) is 12.5 Å². The summed E-state index contributed by atoms with van der Waals surface area (Å²) in [4.78, 5) is 15.7. The maximum atomic E-state index is 11.4. The molecule has 0 saturated heterocycles. The van der Waals surface area contributed by atoms with Gasteiger partial charge in [-0.1, -0.05) is 42.5 Å². The third kappa shape index (κ3) is 4.97. The van der Waals surface area contributed by atoms with Crippen LogP contribution in [0.25, 0.3) is 11.1 Å². The van der Waals surface area contributed by atoms with Crippen molar-refractivity contribution in [2.75, 3.05) is 17.4 Å². The van der Waals surface area contributed by atoms with E-state index < -0.39 is 0 Å².